The second kappa shape index (κ2) is 7.02. The van der Waals surface area contributed by atoms with E-state index < -0.39 is 5.97 Å². The molecule has 0 radical (unpaired) electrons. The number of rotatable bonds is 5. The van der Waals surface area contributed by atoms with Crippen molar-refractivity contribution < 1.29 is 9.90 Å². The highest BCUT2D eigenvalue weighted by atomic mass is 35.5. The van der Waals surface area contributed by atoms with Crippen molar-refractivity contribution in [3.05, 3.63) is 63.6 Å². The Kier molecular flexibility index (Phi) is 5.35. The van der Waals surface area contributed by atoms with E-state index in [1.165, 1.54) is 0 Å². The average molecular weight is 327 g/mol. The molecule has 0 aliphatic rings. The van der Waals surface area contributed by atoms with Crippen LogP contribution in [0.5, 0.6) is 0 Å². The molecule has 0 fully saturated rings. The minimum atomic E-state index is -0.817. The first-order valence-electron chi connectivity index (χ1n) is 5.92. The number of halogens is 2. The van der Waals surface area contributed by atoms with Crippen molar-refractivity contribution in [2.75, 3.05) is 0 Å². The first-order valence-corrected chi connectivity index (χ1v) is 7.66. The van der Waals surface area contributed by atoms with Gasteiger partial charge < -0.3 is 5.11 Å². The number of hydrogen-bond acceptors (Lipinski definition) is 2. The lowest BCUT2D eigenvalue weighted by Crippen LogP contribution is -1.99. The highest BCUT2D eigenvalue weighted by molar-refractivity contribution is 7.98. The van der Waals surface area contributed by atoms with Gasteiger partial charge in [0.1, 0.15) is 0 Å². The zero-order valence-corrected chi connectivity index (χ0v) is 12.8. The molecule has 0 amide bonds. The summed E-state index contributed by atoms with van der Waals surface area (Å²) in [7, 11) is 0. The summed E-state index contributed by atoms with van der Waals surface area (Å²) in [5, 5.41) is 9.81. The van der Waals surface area contributed by atoms with Gasteiger partial charge in [0.25, 0.3) is 0 Å². The molecule has 0 saturated heterocycles. The van der Waals surface area contributed by atoms with Crippen LogP contribution in [0.15, 0.2) is 47.4 Å². The van der Waals surface area contributed by atoms with E-state index in [-0.39, 0.29) is 6.42 Å². The Balaban J connectivity index is 1.96. The molecule has 0 heterocycles. The van der Waals surface area contributed by atoms with Crippen LogP contribution in [0, 0.1) is 0 Å². The van der Waals surface area contributed by atoms with E-state index in [9.17, 15) is 4.79 Å². The van der Waals surface area contributed by atoms with E-state index in [0.29, 0.717) is 10.0 Å². The summed E-state index contributed by atoms with van der Waals surface area (Å²) in [6.07, 6.45) is 0.0558. The third kappa shape index (κ3) is 4.44. The van der Waals surface area contributed by atoms with Gasteiger partial charge in [-0.2, -0.15) is 0 Å². The van der Waals surface area contributed by atoms with E-state index in [0.717, 1.165) is 21.8 Å². The van der Waals surface area contributed by atoms with Gasteiger partial charge in [-0.3, -0.25) is 4.79 Å². The molecule has 0 unspecified atom stereocenters. The molecule has 0 aliphatic carbocycles. The Morgan fingerprint density at radius 1 is 1.00 bits per heavy atom. The first kappa shape index (κ1) is 15.2. The van der Waals surface area contributed by atoms with Crippen molar-refractivity contribution in [2.24, 2.45) is 0 Å². The lowest BCUT2D eigenvalue weighted by molar-refractivity contribution is -0.136. The van der Waals surface area contributed by atoms with Gasteiger partial charge in [0.05, 0.1) is 16.5 Å². The van der Waals surface area contributed by atoms with Crippen molar-refractivity contribution in [3.63, 3.8) is 0 Å². The molecule has 5 heteroatoms. The number of carboxylic acid groups (broad SMARTS) is 1. The number of aliphatic carboxylic acids is 1. The highest BCUT2D eigenvalue weighted by Gasteiger charge is 2.03. The smallest absolute Gasteiger partial charge is 0.307 e. The summed E-state index contributed by atoms with van der Waals surface area (Å²) in [4.78, 5) is 11.6. The fourth-order valence-electron chi connectivity index (χ4n) is 1.66. The lowest BCUT2D eigenvalue weighted by atomic mass is 10.1. The number of carbonyl (C=O) groups is 1. The van der Waals surface area contributed by atoms with Gasteiger partial charge in [-0.05, 0) is 29.3 Å². The summed E-state index contributed by atoms with van der Waals surface area (Å²) >= 11 is 13.5. The van der Waals surface area contributed by atoms with Gasteiger partial charge in [0.2, 0.25) is 0 Å². The van der Waals surface area contributed by atoms with Crippen LogP contribution < -0.4 is 0 Å². The normalized spacial score (nSPS) is 10.5. The van der Waals surface area contributed by atoms with Gasteiger partial charge >= 0.3 is 5.97 Å². The van der Waals surface area contributed by atoms with Gasteiger partial charge in [-0.25, -0.2) is 0 Å². The minimum absolute atomic E-state index is 0.0558. The lowest BCUT2D eigenvalue weighted by Gasteiger charge is -2.04. The van der Waals surface area contributed by atoms with Crippen molar-refractivity contribution >= 4 is 40.9 Å². The Bertz CT molecular complexity index is 612. The van der Waals surface area contributed by atoms with Crippen molar-refractivity contribution in [1.82, 2.24) is 0 Å². The fraction of sp³-hybridized carbons (Fsp3) is 0.133. The van der Waals surface area contributed by atoms with Crippen LogP contribution in [0.4, 0.5) is 0 Å². The Morgan fingerprint density at radius 2 is 1.65 bits per heavy atom. The van der Waals surface area contributed by atoms with Gasteiger partial charge in [0, 0.05) is 10.6 Å². The molecule has 2 rings (SSSR count). The summed E-state index contributed by atoms with van der Waals surface area (Å²) < 4.78 is 0. The van der Waals surface area contributed by atoms with Crippen LogP contribution in [0.1, 0.15) is 11.1 Å². The maximum atomic E-state index is 10.6. The number of carboxylic acids is 1. The van der Waals surface area contributed by atoms with Crippen LogP contribution in [0.2, 0.25) is 10.0 Å². The van der Waals surface area contributed by atoms with Crippen molar-refractivity contribution in [2.45, 2.75) is 17.1 Å². The largest absolute Gasteiger partial charge is 0.481 e. The Labute approximate surface area is 131 Å². The number of thioether (sulfide) groups is 1. The number of hydrogen-bond donors (Lipinski definition) is 1. The van der Waals surface area contributed by atoms with E-state index in [1.807, 2.05) is 36.4 Å². The predicted octanol–water partition coefficient (Wildman–Crippen LogP) is 4.91. The second-order valence-electron chi connectivity index (χ2n) is 4.25. The van der Waals surface area contributed by atoms with Gasteiger partial charge in [-0.1, -0.05) is 47.5 Å². The third-order valence-corrected chi connectivity index (χ3v) is 4.48. The minimum Gasteiger partial charge on any atom is -0.481 e. The summed E-state index contributed by atoms with van der Waals surface area (Å²) in [6.45, 7) is 0. The quantitative estimate of drug-likeness (QED) is 0.793. The molecule has 0 spiro atoms. The summed E-state index contributed by atoms with van der Waals surface area (Å²) in [5.41, 5.74) is 1.94. The average Bonchev–Trinajstić information content (AvgIpc) is 2.41. The SMILES string of the molecule is O=C(O)Cc1ccc(CSc2ccc(Cl)c(Cl)c2)cc1. The maximum absolute atomic E-state index is 10.6. The highest BCUT2D eigenvalue weighted by Crippen LogP contribution is 2.29. The van der Waals surface area contributed by atoms with E-state index in [2.05, 4.69) is 0 Å². The van der Waals surface area contributed by atoms with Crippen LogP contribution in [-0.4, -0.2) is 11.1 Å². The topological polar surface area (TPSA) is 37.3 Å². The third-order valence-electron chi connectivity index (χ3n) is 2.67. The predicted molar refractivity (Wildman–Crippen MR) is 83.8 cm³/mol. The molecule has 1 N–H and O–H groups in total. The molecule has 0 bridgehead atoms. The van der Waals surface area contributed by atoms with Crippen molar-refractivity contribution in [3.8, 4) is 0 Å². The molecular formula is C15H12Cl2O2S. The van der Waals surface area contributed by atoms with E-state index >= 15 is 0 Å². The molecule has 104 valence electrons. The Hall–Kier alpha value is -1.16. The van der Waals surface area contributed by atoms with Gasteiger partial charge in [0.15, 0.2) is 0 Å². The number of benzene rings is 2. The monoisotopic (exact) mass is 326 g/mol. The summed E-state index contributed by atoms with van der Waals surface area (Å²) in [5.74, 6) is -0.0198. The van der Waals surface area contributed by atoms with Gasteiger partial charge in [-0.15, -0.1) is 11.8 Å². The zero-order valence-electron chi connectivity index (χ0n) is 10.5. The molecule has 0 saturated carbocycles. The molecule has 2 aromatic rings. The molecular weight excluding hydrogens is 315 g/mol. The van der Waals surface area contributed by atoms with Crippen LogP contribution in [0.3, 0.4) is 0 Å². The van der Waals surface area contributed by atoms with Crippen LogP contribution >= 0.6 is 35.0 Å². The maximum Gasteiger partial charge on any atom is 0.307 e. The molecule has 2 nitrogen and oxygen atoms in total. The van der Waals surface area contributed by atoms with E-state index in [1.54, 1.807) is 17.8 Å². The summed E-state index contributed by atoms with van der Waals surface area (Å²) in [6, 6.07) is 13.1. The molecule has 20 heavy (non-hydrogen) atoms. The van der Waals surface area contributed by atoms with Crippen molar-refractivity contribution in [1.29, 1.82) is 0 Å². The standard InChI is InChI=1S/C15H12Cl2O2S/c16-13-6-5-12(8-14(13)17)20-9-11-3-1-10(2-4-11)7-15(18)19/h1-6,8H,7,9H2,(H,18,19). The molecule has 0 aliphatic heterocycles. The first-order chi connectivity index (χ1) is 9.54. The fourth-order valence-corrected chi connectivity index (χ4v) is 2.92. The van der Waals surface area contributed by atoms with Crippen LogP contribution in [0.25, 0.3) is 0 Å². The van der Waals surface area contributed by atoms with E-state index in [4.69, 9.17) is 28.3 Å². The zero-order chi connectivity index (χ0) is 14.5. The second-order valence-corrected chi connectivity index (χ2v) is 6.11. The molecule has 0 aromatic heterocycles. The molecule has 2 aromatic carbocycles. The van der Waals surface area contributed by atoms with Crippen LogP contribution in [-0.2, 0) is 17.0 Å². The molecule has 0 atom stereocenters. The Morgan fingerprint density at radius 3 is 2.25 bits per heavy atom.